The fourth-order valence-corrected chi connectivity index (χ4v) is 2.46. The molecule has 0 aromatic heterocycles. The van der Waals surface area contributed by atoms with Gasteiger partial charge < -0.3 is 0 Å². The van der Waals surface area contributed by atoms with Gasteiger partial charge in [0.15, 0.2) is 0 Å². The van der Waals surface area contributed by atoms with Crippen molar-refractivity contribution in [2.45, 2.75) is 11.8 Å². The highest BCUT2D eigenvalue weighted by Gasteiger charge is 2.19. The molecule has 0 aliphatic carbocycles. The first-order chi connectivity index (χ1) is 5.99. The van der Waals surface area contributed by atoms with Crippen LogP contribution in [0, 0.1) is 6.92 Å². The fourth-order valence-electron chi connectivity index (χ4n) is 1.02. The largest absolute Gasteiger partial charge is 0.298 e. The molecule has 0 saturated carbocycles. The van der Waals surface area contributed by atoms with Gasteiger partial charge in [-0.05, 0) is 18.6 Å². The monoisotopic (exact) mass is 220 g/mol. The Morgan fingerprint density at radius 2 is 2.00 bits per heavy atom. The molecule has 1 aromatic carbocycles. The van der Waals surface area contributed by atoms with E-state index in [1.807, 2.05) is 0 Å². The lowest BCUT2D eigenvalue weighted by molar-refractivity contribution is 0.397. The zero-order chi connectivity index (χ0) is 10.1. The maximum Gasteiger partial charge on any atom is 0.298 e. The van der Waals surface area contributed by atoms with Crippen molar-refractivity contribution in [3.63, 3.8) is 0 Å². The van der Waals surface area contributed by atoms with E-state index in [1.165, 1.54) is 6.07 Å². The summed E-state index contributed by atoms with van der Waals surface area (Å²) in [4.78, 5) is 0.0409. The third-order valence-corrected chi connectivity index (χ3v) is 3.54. The van der Waals surface area contributed by atoms with Gasteiger partial charge in [0.2, 0.25) is 0 Å². The van der Waals surface area contributed by atoms with Crippen LogP contribution < -0.4 is 0 Å². The quantitative estimate of drug-likeness (QED) is 0.716. The Labute approximate surface area is 82.4 Å². The number of halogens is 1. The van der Waals surface area contributed by atoms with Crippen molar-refractivity contribution in [1.29, 1.82) is 0 Å². The SMILES string of the molecule is COS(=O)(=O)c1c(C)cccc1Cl. The Bertz CT molecular complexity index is 391. The summed E-state index contributed by atoms with van der Waals surface area (Å²) in [7, 11) is -2.58. The van der Waals surface area contributed by atoms with Crippen LogP contribution in [0.5, 0.6) is 0 Å². The van der Waals surface area contributed by atoms with E-state index in [1.54, 1.807) is 19.1 Å². The number of hydrogen-bond donors (Lipinski definition) is 0. The first-order valence-corrected chi connectivity index (χ1v) is 5.33. The first kappa shape index (κ1) is 10.5. The highest BCUT2D eigenvalue weighted by molar-refractivity contribution is 7.87. The smallest absolute Gasteiger partial charge is 0.270 e. The van der Waals surface area contributed by atoms with Crippen molar-refractivity contribution >= 4 is 21.7 Å². The predicted octanol–water partition coefficient (Wildman–Crippen LogP) is 1.98. The van der Waals surface area contributed by atoms with Crippen LogP contribution in [0.2, 0.25) is 5.02 Å². The zero-order valence-corrected chi connectivity index (χ0v) is 8.82. The molecule has 0 heterocycles. The molecule has 0 amide bonds. The molecule has 0 N–H and O–H groups in total. The normalized spacial score (nSPS) is 11.6. The molecule has 0 fully saturated rings. The second kappa shape index (κ2) is 3.65. The molecule has 0 unspecified atom stereocenters. The summed E-state index contributed by atoms with van der Waals surface area (Å²) in [6, 6.07) is 4.87. The van der Waals surface area contributed by atoms with E-state index in [-0.39, 0.29) is 9.92 Å². The molecule has 1 aromatic rings. The standard InChI is InChI=1S/C8H9ClO3S/c1-6-4-3-5-7(9)8(6)13(10,11)12-2/h3-5H,1-2H3. The maximum atomic E-state index is 11.3. The van der Waals surface area contributed by atoms with Crippen LogP contribution in [-0.2, 0) is 14.3 Å². The van der Waals surface area contributed by atoms with Crippen molar-refractivity contribution in [1.82, 2.24) is 0 Å². The summed E-state index contributed by atoms with van der Waals surface area (Å²) in [6.07, 6.45) is 0. The molecule has 72 valence electrons. The summed E-state index contributed by atoms with van der Waals surface area (Å²) in [5.41, 5.74) is 0.578. The zero-order valence-electron chi connectivity index (χ0n) is 7.24. The Hall–Kier alpha value is -0.580. The predicted molar refractivity (Wildman–Crippen MR) is 50.4 cm³/mol. The molecular weight excluding hydrogens is 212 g/mol. The molecular formula is C8H9ClO3S. The van der Waals surface area contributed by atoms with Crippen LogP contribution >= 0.6 is 11.6 Å². The van der Waals surface area contributed by atoms with Gasteiger partial charge in [0, 0.05) is 0 Å². The Balaban J connectivity index is 3.46. The van der Waals surface area contributed by atoms with Gasteiger partial charge in [0.05, 0.1) is 12.1 Å². The van der Waals surface area contributed by atoms with Gasteiger partial charge in [-0.3, -0.25) is 4.18 Å². The summed E-state index contributed by atoms with van der Waals surface area (Å²) in [5.74, 6) is 0. The molecule has 0 spiro atoms. The Morgan fingerprint density at radius 1 is 1.38 bits per heavy atom. The van der Waals surface area contributed by atoms with Gasteiger partial charge in [-0.1, -0.05) is 23.7 Å². The number of benzene rings is 1. The van der Waals surface area contributed by atoms with E-state index in [0.717, 1.165) is 7.11 Å². The highest BCUT2D eigenvalue weighted by atomic mass is 35.5. The summed E-state index contributed by atoms with van der Waals surface area (Å²) < 4.78 is 27.0. The second-order valence-electron chi connectivity index (χ2n) is 2.51. The third-order valence-electron chi connectivity index (χ3n) is 1.63. The molecule has 13 heavy (non-hydrogen) atoms. The average Bonchev–Trinajstić information content (AvgIpc) is 2.03. The van der Waals surface area contributed by atoms with Crippen LogP contribution in [-0.4, -0.2) is 15.5 Å². The van der Waals surface area contributed by atoms with Crippen molar-refractivity contribution < 1.29 is 12.6 Å². The minimum atomic E-state index is -3.69. The summed E-state index contributed by atoms with van der Waals surface area (Å²) >= 11 is 5.73. The lowest BCUT2D eigenvalue weighted by Crippen LogP contribution is -2.05. The second-order valence-corrected chi connectivity index (χ2v) is 4.56. The van der Waals surface area contributed by atoms with Crippen LogP contribution in [0.15, 0.2) is 23.1 Å². The maximum absolute atomic E-state index is 11.3. The molecule has 0 aliphatic rings. The summed E-state index contributed by atoms with van der Waals surface area (Å²) in [6.45, 7) is 1.66. The van der Waals surface area contributed by atoms with Crippen molar-refractivity contribution in [3.05, 3.63) is 28.8 Å². The molecule has 0 aliphatic heterocycles. The van der Waals surface area contributed by atoms with Gasteiger partial charge in [-0.25, -0.2) is 0 Å². The third kappa shape index (κ3) is 2.02. The van der Waals surface area contributed by atoms with Crippen LogP contribution in [0.3, 0.4) is 0 Å². The number of aryl methyl sites for hydroxylation is 1. The van der Waals surface area contributed by atoms with Gasteiger partial charge in [0.1, 0.15) is 4.90 Å². The first-order valence-electron chi connectivity index (χ1n) is 3.55. The topological polar surface area (TPSA) is 43.4 Å². The van der Waals surface area contributed by atoms with Gasteiger partial charge in [-0.15, -0.1) is 0 Å². The minimum absolute atomic E-state index is 0.0409. The average molecular weight is 221 g/mol. The molecule has 0 atom stereocenters. The lowest BCUT2D eigenvalue weighted by Gasteiger charge is -2.06. The number of hydrogen-bond acceptors (Lipinski definition) is 3. The fraction of sp³-hybridized carbons (Fsp3) is 0.250. The van der Waals surface area contributed by atoms with E-state index >= 15 is 0 Å². The van der Waals surface area contributed by atoms with Crippen molar-refractivity contribution in [2.75, 3.05) is 7.11 Å². The molecule has 0 bridgehead atoms. The molecule has 5 heteroatoms. The van der Waals surface area contributed by atoms with E-state index in [4.69, 9.17) is 11.6 Å². The lowest BCUT2D eigenvalue weighted by atomic mass is 10.2. The van der Waals surface area contributed by atoms with Crippen LogP contribution in [0.25, 0.3) is 0 Å². The van der Waals surface area contributed by atoms with Crippen LogP contribution in [0.4, 0.5) is 0 Å². The Kier molecular flexibility index (Phi) is 2.95. The van der Waals surface area contributed by atoms with Crippen molar-refractivity contribution in [2.24, 2.45) is 0 Å². The van der Waals surface area contributed by atoms with E-state index in [2.05, 4.69) is 4.18 Å². The summed E-state index contributed by atoms with van der Waals surface area (Å²) in [5, 5.41) is 0.182. The molecule has 3 nitrogen and oxygen atoms in total. The van der Waals surface area contributed by atoms with Crippen LogP contribution in [0.1, 0.15) is 5.56 Å². The highest BCUT2D eigenvalue weighted by Crippen LogP contribution is 2.25. The van der Waals surface area contributed by atoms with E-state index in [9.17, 15) is 8.42 Å². The van der Waals surface area contributed by atoms with Crippen molar-refractivity contribution in [3.8, 4) is 0 Å². The molecule has 0 saturated heterocycles. The minimum Gasteiger partial charge on any atom is -0.270 e. The van der Waals surface area contributed by atoms with E-state index < -0.39 is 10.1 Å². The van der Waals surface area contributed by atoms with E-state index in [0.29, 0.717) is 5.56 Å². The number of rotatable bonds is 2. The molecule has 0 radical (unpaired) electrons. The Morgan fingerprint density at radius 3 is 2.46 bits per heavy atom. The molecule has 1 rings (SSSR count). The van der Waals surface area contributed by atoms with Gasteiger partial charge in [-0.2, -0.15) is 8.42 Å². The van der Waals surface area contributed by atoms with Gasteiger partial charge in [0.25, 0.3) is 10.1 Å². The van der Waals surface area contributed by atoms with Gasteiger partial charge >= 0.3 is 0 Å².